The standard InChI is InChI=1S/C40H52ClN5O9/c1-24(2)20-33-39(50)52-31(25(3)35-36(55-40(4,5)54-35)27-12-8-7-9-13-27)15-10-16-34(47)45-30(22-26-17-18-32(51-6)29(41)21-26)37(48)43-23-28(38(49)53-33)14-11-19-44-46-42/h7-10,12-13,16-18,21,24-25,28,30-31,33,35-36H,11,14-15,19-20,22-23H2,1-6H3,(H,43,48)(H,45,47)/b16-10+/t25-,28+,30+,31-,33-,35+,36+/m0/s1. The van der Waals surface area contributed by atoms with Gasteiger partial charge in [-0.15, -0.1) is 0 Å². The number of ether oxygens (including phenoxy) is 5. The highest BCUT2D eigenvalue weighted by atomic mass is 35.5. The number of esters is 2. The Labute approximate surface area is 327 Å². The molecule has 0 bridgehead atoms. The van der Waals surface area contributed by atoms with Gasteiger partial charge < -0.3 is 34.3 Å². The Hall–Kier alpha value is -4.62. The van der Waals surface area contributed by atoms with Crippen molar-refractivity contribution < 1.29 is 42.9 Å². The van der Waals surface area contributed by atoms with Crippen LogP contribution in [-0.4, -0.2) is 74.1 Å². The molecule has 2 aromatic rings. The van der Waals surface area contributed by atoms with Crippen molar-refractivity contribution in [3.63, 3.8) is 0 Å². The van der Waals surface area contributed by atoms with Crippen LogP contribution in [0.2, 0.25) is 5.02 Å². The quantitative estimate of drug-likeness (QED) is 0.0791. The van der Waals surface area contributed by atoms with Gasteiger partial charge in [-0.25, -0.2) is 4.79 Å². The minimum Gasteiger partial charge on any atom is -0.495 e. The Bertz CT molecular complexity index is 1720. The fourth-order valence-electron chi connectivity index (χ4n) is 6.65. The molecule has 7 atom stereocenters. The molecule has 2 aliphatic rings. The first-order valence-electron chi connectivity index (χ1n) is 18.6. The van der Waals surface area contributed by atoms with Crippen LogP contribution in [0, 0.1) is 17.8 Å². The number of carbonyl (C=O) groups is 4. The second kappa shape index (κ2) is 20.3. The lowest BCUT2D eigenvalue weighted by Crippen LogP contribution is -2.49. The molecule has 0 saturated carbocycles. The number of carbonyl (C=O) groups excluding carboxylic acids is 4. The molecule has 298 valence electrons. The number of nitrogens with zero attached hydrogens (tertiary/aromatic N) is 3. The first-order chi connectivity index (χ1) is 26.2. The molecular formula is C40H52ClN5O9. The molecule has 2 N–H and O–H groups in total. The van der Waals surface area contributed by atoms with Gasteiger partial charge in [0.1, 0.15) is 24.0 Å². The third kappa shape index (κ3) is 12.7. The van der Waals surface area contributed by atoms with E-state index in [1.54, 1.807) is 24.3 Å². The highest BCUT2D eigenvalue weighted by molar-refractivity contribution is 6.32. The Morgan fingerprint density at radius 2 is 1.78 bits per heavy atom. The summed E-state index contributed by atoms with van der Waals surface area (Å²) < 4.78 is 30.1. The fourth-order valence-corrected chi connectivity index (χ4v) is 6.93. The number of hydrogen-bond acceptors (Lipinski definition) is 10. The summed E-state index contributed by atoms with van der Waals surface area (Å²) in [5.41, 5.74) is 10.3. The number of azide groups is 1. The summed E-state index contributed by atoms with van der Waals surface area (Å²) in [7, 11) is 1.49. The van der Waals surface area contributed by atoms with E-state index in [-0.39, 0.29) is 44.7 Å². The minimum atomic E-state index is -1.26. The lowest BCUT2D eigenvalue weighted by Gasteiger charge is -2.31. The van der Waals surface area contributed by atoms with Gasteiger partial charge in [-0.05, 0) is 73.9 Å². The molecule has 0 aliphatic carbocycles. The number of amides is 2. The maximum Gasteiger partial charge on any atom is 0.347 e. The normalized spacial score (nSPS) is 26.2. The van der Waals surface area contributed by atoms with Gasteiger partial charge in [-0.2, -0.15) is 0 Å². The summed E-state index contributed by atoms with van der Waals surface area (Å²) >= 11 is 6.37. The number of nitrogens with one attached hydrogen (secondary N) is 2. The lowest BCUT2D eigenvalue weighted by atomic mass is 9.89. The van der Waals surface area contributed by atoms with Crippen LogP contribution in [0.5, 0.6) is 5.75 Å². The summed E-state index contributed by atoms with van der Waals surface area (Å²) in [5.74, 6) is -4.49. The maximum atomic E-state index is 14.0. The van der Waals surface area contributed by atoms with Crippen molar-refractivity contribution in [1.29, 1.82) is 0 Å². The monoisotopic (exact) mass is 781 g/mol. The van der Waals surface area contributed by atoms with E-state index in [4.69, 9.17) is 40.8 Å². The second-order valence-corrected chi connectivity index (χ2v) is 15.1. The molecule has 15 heteroatoms. The number of hydrogen-bond donors (Lipinski definition) is 2. The van der Waals surface area contributed by atoms with Gasteiger partial charge in [0.25, 0.3) is 0 Å². The topological polar surface area (TPSA) is 187 Å². The van der Waals surface area contributed by atoms with Crippen molar-refractivity contribution in [2.24, 2.45) is 22.9 Å². The van der Waals surface area contributed by atoms with Crippen molar-refractivity contribution in [3.8, 4) is 5.75 Å². The highest BCUT2D eigenvalue weighted by Crippen LogP contribution is 2.43. The third-order valence-electron chi connectivity index (χ3n) is 9.49. The number of rotatable bonds is 12. The molecule has 0 spiro atoms. The van der Waals surface area contributed by atoms with Crippen LogP contribution in [0.1, 0.15) is 77.5 Å². The van der Waals surface area contributed by atoms with Crippen LogP contribution >= 0.6 is 11.6 Å². The molecule has 55 heavy (non-hydrogen) atoms. The number of methoxy groups -OCH3 is 1. The number of benzene rings is 2. The average molecular weight is 782 g/mol. The smallest absolute Gasteiger partial charge is 0.347 e. The van der Waals surface area contributed by atoms with E-state index in [1.807, 2.05) is 65.0 Å². The van der Waals surface area contributed by atoms with Crippen LogP contribution in [-0.2, 0) is 44.5 Å². The first kappa shape index (κ1) is 43.1. The van der Waals surface area contributed by atoms with Gasteiger partial charge in [0, 0.05) is 36.8 Å². The van der Waals surface area contributed by atoms with Crippen LogP contribution in [0.3, 0.4) is 0 Å². The summed E-state index contributed by atoms with van der Waals surface area (Å²) in [6.07, 6.45) is 0.586. The molecule has 2 aromatic carbocycles. The van der Waals surface area contributed by atoms with Crippen LogP contribution < -0.4 is 15.4 Å². The van der Waals surface area contributed by atoms with Gasteiger partial charge in [0.05, 0.1) is 24.2 Å². The van der Waals surface area contributed by atoms with Crippen LogP contribution in [0.25, 0.3) is 10.4 Å². The van der Waals surface area contributed by atoms with Crippen LogP contribution in [0.4, 0.5) is 0 Å². The molecule has 2 amide bonds. The number of cyclic esters (lactones) is 2. The molecule has 0 aromatic heterocycles. The third-order valence-corrected chi connectivity index (χ3v) is 9.79. The predicted octanol–water partition coefficient (Wildman–Crippen LogP) is 6.56. The summed E-state index contributed by atoms with van der Waals surface area (Å²) in [6, 6.07) is 13.6. The zero-order chi connectivity index (χ0) is 40.1. The summed E-state index contributed by atoms with van der Waals surface area (Å²) in [5, 5.41) is 9.44. The molecule has 4 rings (SSSR count). The second-order valence-electron chi connectivity index (χ2n) is 14.7. The van der Waals surface area contributed by atoms with E-state index in [9.17, 15) is 19.2 Å². The van der Waals surface area contributed by atoms with Gasteiger partial charge in [-0.3, -0.25) is 14.4 Å². The molecule has 2 aliphatic heterocycles. The lowest BCUT2D eigenvalue weighted by molar-refractivity contribution is -0.180. The SMILES string of the molecule is COc1ccc(C[C@H]2NC(=O)/C=C/C[C@@H]([C@H](C)[C@H]3OC(C)(C)O[C@@H]3c3ccccc3)OC(=O)[C@H](CC(C)C)OC(=O)[C@H](CCCN=[N+]=[N-])CNC2=O)cc1Cl. The van der Waals surface area contributed by atoms with Gasteiger partial charge in [0.15, 0.2) is 11.9 Å². The summed E-state index contributed by atoms with van der Waals surface area (Å²) in [4.78, 5) is 57.7. The Kier molecular flexibility index (Phi) is 15.9. The van der Waals surface area contributed by atoms with Crippen molar-refractivity contribution in [2.75, 3.05) is 20.2 Å². The molecule has 14 nitrogen and oxygen atoms in total. The van der Waals surface area contributed by atoms with Gasteiger partial charge in [-0.1, -0.05) is 80.0 Å². The zero-order valence-corrected chi connectivity index (χ0v) is 33.0. The average Bonchev–Trinajstić information content (AvgIpc) is 3.48. The molecule has 0 unspecified atom stereocenters. The molecule has 1 saturated heterocycles. The zero-order valence-electron chi connectivity index (χ0n) is 32.2. The summed E-state index contributed by atoms with van der Waals surface area (Å²) in [6.45, 7) is 9.26. The number of halogens is 1. The molecular weight excluding hydrogens is 730 g/mol. The Balaban J connectivity index is 1.70. The van der Waals surface area contributed by atoms with Crippen molar-refractivity contribution in [1.82, 2.24) is 10.6 Å². The maximum absolute atomic E-state index is 14.0. The van der Waals surface area contributed by atoms with Crippen molar-refractivity contribution >= 4 is 35.4 Å². The van der Waals surface area contributed by atoms with E-state index in [0.717, 1.165) is 5.56 Å². The van der Waals surface area contributed by atoms with E-state index < -0.39 is 71.8 Å². The largest absolute Gasteiger partial charge is 0.495 e. The van der Waals surface area contributed by atoms with Gasteiger partial charge in [0.2, 0.25) is 11.8 Å². The fraction of sp³-hybridized carbons (Fsp3) is 0.550. The van der Waals surface area contributed by atoms with Crippen molar-refractivity contribution in [2.45, 2.75) is 103 Å². The Morgan fingerprint density at radius 1 is 1.04 bits per heavy atom. The van der Waals surface area contributed by atoms with E-state index in [2.05, 4.69) is 20.7 Å². The van der Waals surface area contributed by atoms with Crippen molar-refractivity contribution in [3.05, 3.63) is 87.3 Å². The molecule has 2 heterocycles. The molecule has 1 fully saturated rings. The predicted molar refractivity (Wildman–Crippen MR) is 205 cm³/mol. The minimum absolute atomic E-state index is 0.0550. The van der Waals surface area contributed by atoms with Gasteiger partial charge >= 0.3 is 11.9 Å². The van der Waals surface area contributed by atoms with E-state index >= 15 is 0 Å². The van der Waals surface area contributed by atoms with E-state index in [0.29, 0.717) is 22.8 Å². The highest BCUT2D eigenvalue weighted by Gasteiger charge is 2.47. The Morgan fingerprint density at radius 3 is 2.45 bits per heavy atom. The first-order valence-corrected chi connectivity index (χ1v) is 19.0. The molecule has 0 radical (unpaired) electrons. The van der Waals surface area contributed by atoms with E-state index in [1.165, 1.54) is 13.2 Å². The van der Waals surface area contributed by atoms with Crippen LogP contribution in [0.15, 0.2) is 65.8 Å².